The highest BCUT2D eigenvalue weighted by molar-refractivity contribution is 5.84. The number of furan rings is 1. The van der Waals surface area contributed by atoms with E-state index in [-0.39, 0.29) is 42.4 Å². The lowest BCUT2D eigenvalue weighted by Gasteiger charge is -2.28. The van der Waals surface area contributed by atoms with Crippen molar-refractivity contribution in [3.8, 4) is 23.0 Å². The molecule has 0 fully saturated rings. The van der Waals surface area contributed by atoms with E-state index < -0.39 is 23.1 Å². The standard InChI is InChI=1S/C25H20F3NO6/c1-2-31-19-7-3-4-8-20(19)34-23-21(30)16-9-10-18-17(22(16)35-24(23)25(26,27)28)13-29(14-33-18)12-15-6-5-11-32-15/h3-11H,2,12-14H2,1H3. The van der Waals surface area contributed by atoms with E-state index in [9.17, 15) is 18.0 Å². The van der Waals surface area contributed by atoms with E-state index in [1.807, 2.05) is 4.90 Å². The summed E-state index contributed by atoms with van der Waals surface area (Å²) < 4.78 is 69.6. The molecule has 0 spiro atoms. The highest BCUT2D eigenvalue weighted by Gasteiger charge is 2.41. The average molecular weight is 487 g/mol. The highest BCUT2D eigenvalue weighted by atomic mass is 19.4. The fourth-order valence-electron chi connectivity index (χ4n) is 3.92. The lowest BCUT2D eigenvalue weighted by atomic mass is 10.1. The minimum Gasteiger partial charge on any atom is -0.490 e. The number of nitrogens with zero attached hydrogens (tertiary/aromatic N) is 1. The molecule has 0 atom stereocenters. The van der Waals surface area contributed by atoms with Crippen LogP contribution >= 0.6 is 0 Å². The summed E-state index contributed by atoms with van der Waals surface area (Å²) in [5, 5.41) is -0.0518. The van der Waals surface area contributed by atoms with Gasteiger partial charge in [-0.3, -0.25) is 9.69 Å². The molecule has 182 valence electrons. The molecule has 1 aliphatic heterocycles. The van der Waals surface area contributed by atoms with Crippen molar-refractivity contribution in [2.45, 2.75) is 26.2 Å². The monoisotopic (exact) mass is 487 g/mol. The molecular formula is C25H20F3NO6. The van der Waals surface area contributed by atoms with Crippen LogP contribution in [-0.4, -0.2) is 18.2 Å². The molecule has 7 nitrogen and oxygen atoms in total. The van der Waals surface area contributed by atoms with E-state index in [0.717, 1.165) is 0 Å². The molecule has 0 saturated heterocycles. The molecular weight excluding hydrogens is 467 g/mol. The minimum absolute atomic E-state index is 0.0302. The fraction of sp³-hybridized carbons (Fsp3) is 0.240. The van der Waals surface area contributed by atoms with E-state index in [0.29, 0.717) is 23.6 Å². The number of hydrogen-bond acceptors (Lipinski definition) is 7. The number of rotatable bonds is 6. The molecule has 10 heteroatoms. The summed E-state index contributed by atoms with van der Waals surface area (Å²) in [4.78, 5) is 15.1. The number of benzene rings is 2. The number of alkyl halides is 3. The second kappa shape index (κ2) is 9.03. The van der Waals surface area contributed by atoms with Crippen molar-refractivity contribution in [2.24, 2.45) is 0 Å². The minimum atomic E-state index is -4.99. The van der Waals surface area contributed by atoms with Gasteiger partial charge in [-0.2, -0.15) is 13.2 Å². The predicted molar refractivity (Wildman–Crippen MR) is 119 cm³/mol. The predicted octanol–water partition coefficient (Wildman–Crippen LogP) is 5.95. The molecule has 3 heterocycles. The molecule has 5 rings (SSSR count). The molecule has 0 aliphatic carbocycles. The first-order chi connectivity index (χ1) is 16.8. The van der Waals surface area contributed by atoms with Crippen molar-refractivity contribution < 1.29 is 36.2 Å². The van der Waals surface area contributed by atoms with E-state index in [1.165, 1.54) is 24.5 Å². The third-order valence-corrected chi connectivity index (χ3v) is 5.44. The van der Waals surface area contributed by atoms with Crippen molar-refractivity contribution >= 4 is 11.0 Å². The van der Waals surface area contributed by atoms with Crippen LogP contribution < -0.4 is 19.6 Å². The zero-order valence-corrected chi connectivity index (χ0v) is 18.6. The Kier molecular flexibility index (Phi) is 5.89. The molecule has 0 unspecified atom stereocenters. The van der Waals surface area contributed by atoms with Gasteiger partial charge in [-0.05, 0) is 43.3 Å². The third kappa shape index (κ3) is 4.44. The molecule has 0 bridgehead atoms. The maximum absolute atomic E-state index is 14.1. The number of halogens is 3. The van der Waals surface area contributed by atoms with Gasteiger partial charge in [0.1, 0.15) is 23.8 Å². The largest absolute Gasteiger partial charge is 0.490 e. The Hall–Kier alpha value is -3.92. The molecule has 4 aromatic rings. The summed E-state index contributed by atoms with van der Waals surface area (Å²) in [5.74, 6) is -1.30. The second-order valence-electron chi connectivity index (χ2n) is 7.83. The zero-order valence-electron chi connectivity index (χ0n) is 18.6. The van der Waals surface area contributed by atoms with Gasteiger partial charge in [0.05, 0.1) is 30.4 Å². The van der Waals surface area contributed by atoms with Gasteiger partial charge in [-0.1, -0.05) is 12.1 Å². The summed E-state index contributed by atoms with van der Waals surface area (Å²) >= 11 is 0. The van der Waals surface area contributed by atoms with Crippen LogP contribution in [0.4, 0.5) is 13.2 Å². The first-order valence-electron chi connectivity index (χ1n) is 10.8. The number of fused-ring (bicyclic) bond motifs is 3. The summed E-state index contributed by atoms with van der Waals surface area (Å²) in [6, 6.07) is 12.6. The molecule has 2 aromatic carbocycles. The zero-order chi connectivity index (χ0) is 24.6. The van der Waals surface area contributed by atoms with Gasteiger partial charge in [-0.15, -0.1) is 0 Å². The first-order valence-corrected chi connectivity index (χ1v) is 10.8. The Labute approximate surface area is 197 Å². The average Bonchev–Trinajstić information content (AvgIpc) is 3.34. The van der Waals surface area contributed by atoms with Crippen LogP contribution in [0.5, 0.6) is 23.0 Å². The van der Waals surface area contributed by atoms with Crippen molar-refractivity contribution in [3.63, 3.8) is 0 Å². The van der Waals surface area contributed by atoms with Crippen LogP contribution in [0.3, 0.4) is 0 Å². The van der Waals surface area contributed by atoms with Crippen LogP contribution in [-0.2, 0) is 19.3 Å². The summed E-state index contributed by atoms with van der Waals surface area (Å²) in [6.07, 6.45) is -3.46. The van der Waals surface area contributed by atoms with Crippen molar-refractivity contribution in [1.29, 1.82) is 0 Å². The summed E-state index contributed by atoms with van der Waals surface area (Å²) in [6.45, 7) is 2.75. The highest BCUT2D eigenvalue weighted by Crippen LogP contribution is 2.42. The third-order valence-electron chi connectivity index (χ3n) is 5.44. The Morgan fingerprint density at radius 3 is 2.57 bits per heavy atom. The van der Waals surface area contributed by atoms with E-state index in [2.05, 4.69) is 0 Å². The fourth-order valence-corrected chi connectivity index (χ4v) is 3.92. The van der Waals surface area contributed by atoms with Gasteiger partial charge in [0, 0.05) is 6.54 Å². The Morgan fingerprint density at radius 2 is 1.86 bits per heavy atom. The number of ether oxygens (including phenoxy) is 3. The molecule has 35 heavy (non-hydrogen) atoms. The summed E-state index contributed by atoms with van der Waals surface area (Å²) in [5.41, 5.74) is -0.811. The molecule has 0 saturated carbocycles. The lowest BCUT2D eigenvalue weighted by Crippen LogP contribution is -2.31. The summed E-state index contributed by atoms with van der Waals surface area (Å²) in [7, 11) is 0. The van der Waals surface area contributed by atoms with E-state index in [4.69, 9.17) is 23.0 Å². The van der Waals surface area contributed by atoms with E-state index in [1.54, 1.807) is 37.3 Å². The van der Waals surface area contributed by atoms with Crippen molar-refractivity contribution in [3.05, 3.63) is 82.1 Å². The number of para-hydroxylation sites is 2. The first kappa shape index (κ1) is 22.9. The quantitative estimate of drug-likeness (QED) is 0.333. The van der Waals surface area contributed by atoms with Crippen LogP contribution in [0, 0.1) is 0 Å². The van der Waals surface area contributed by atoms with Gasteiger partial charge < -0.3 is 23.0 Å². The molecule has 0 amide bonds. The van der Waals surface area contributed by atoms with E-state index >= 15 is 0 Å². The van der Waals surface area contributed by atoms with Crippen LogP contribution in [0.15, 0.2) is 68.4 Å². The molecule has 0 N–H and O–H groups in total. The van der Waals surface area contributed by atoms with Crippen LogP contribution in [0.25, 0.3) is 11.0 Å². The molecule has 2 aromatic heterocycles. The van der Waals surface area contributed by atoms with Gasteiger partial charge >= 0.3 is 6.18 Å². The Bertz CT molecular complexity index is 1410. The van der Waals surface area contributed by atoms with Crippen LogP contribution in [0.1, 0.15) is 24.0 Å². The Morgan fingerprint density at radius 1 is 1.06 bits per heavy atom. The van der Waals surface area contributed by atoms with Gasteiger partial charge in [0.15, 0.2) is 11.5 Å². The molecule has 0 radical (unpaired) electrons. The normalized spacial score (nSPS) is 13.9. The van der Waals surface area contributed by atoms with Crippen molar-refractivity contribution in [1.82, 2.24) is 4.90 Å². The smallest absolute Gasteiger partial charge is 0.453 e. The van der Waals surface area contributed by atoms with Gasteiger partial charge in [-0.25, -0.2) is 0 Å². The Balaban J connectivity index is 1.62. The van der Waals surface area contributed by atoms with Crippen LogP contribution in [0.2, 0.25) is 0 Å². The number of hydrogen-bond donors (Lipinski definition) is 0. The molecule has 1 aliphatic rings. The topological polar surface area (TPSA) is 74.3 Å². The van der Waals surface area contributed by atoms with Gasteiger partial charge in [0.25, 0.3) is 5.76 Å². The maximum atomic E-state index is 14.1. The maximum Gasteiger partial charge on any atom is 0.453 e. The second-order valence-corrected chi connectivity index (χ2v) is 7.83. The SMILES string of the molecule is CCOc1ccccc1Oc1c(C(F)(F)F)oc2c3c(ccc2c1=O)OCN(Cc1ccco1)C3. The van der Waals surface area contributed by atoms with Crippen molar-refractivity contribution in [2.75, 3.05) is 13.3 Å². The lowest BCUT2D eigenvalue weighted by molar-refractivity contribution is -0.154. The van der Waals surface area contributed by atoms with Gasteiger partial charge in [0.2, 0.25) is 11.2 Å².